The Labute approximate surface area is 221 Å². The Morgan fingerprint density at radius 2 is 1.82 bits per heavy atom. The first kappa shape index (κ1) is 25.2. The van der Waals surface area contributed by atoms with Crippen molar-refractivity contribution in [2.24, 2.45) is 39.4 Å². The summed E-state index contributed by atoms with van der Waals surface area (Å²) in [7, 11) is 0. The maximum absolute atomic E-state index is 14.9. The standard InChI is InChI=1S/C29H38O9/c1-13-8-19(32)28-12-36-24(34)25(13,3)17(28)10-18(31)27(5)22(28)21(33)23(37-14(2)30)26(4)16(15-6-7-35-11-15)9-20-29(26,27)38-20/h6-7,11,13,16-20,22-24,31-32,34H,8-10,12H2,1-5H3/t13-,16+,17?,18-,19+,20-,22?,23+,24?,25+,26-,27-,28-,29-/m1/s1. The van der Waals surface area contributed by atoms with Crippen molar-refractivity contribution < 1.29 is 43.5 Å². The number of carbonyl (C=O) groups excluding carboxylic acids is 2. The lowest BCUT2D eigenvalue weighted by Gasteiger charge is -2.73. The second-order valence-electron chi connectivity index (χ2n) is 13.7. The largest absolute Gasteiger partial charge is 0.472 e. The summed E-state index contributed by atoms with van der Waals surface area (Å²) in [5.41, 5.74) is -3.94. The van der Waals surface area contributed by atoms with Crippen LogP contribution >= 0.6 is 0 Å². The fraction of sp³-hybridized carbons (Fsp3) is 0.793. The highest BCUT2D eigenvalue weighted by molar-refractivity contribution is 5.92. The van der Waals surface area contributed by atoms with Crippen molar-refractivity contribution in [2.45, 2.75) is 96.1 Å². The maximum atomic E-state index is 14.9. The van der Waals surface area contributed by atoms with Crippen molar-refractivity contribution in [2.75, 3.05) is 6.61 Å². The Bertz CT molecular complexity index is 1200. The highest BCUT2D eigenvalue weighted by atomic mass is 16.6. The van der Waals surface area contributed by atoms with E-state index < -0.39 is 63.8 Å². The normalized spacial score (nSPS) is 58.3. The molecule has 14 atom stereocenters. The number of aliphatic hydroxyl groups excluding tert-OH is 3. The van der Waals surface area contributed by atoms with Crippen molar-refractivity contribution in [3.63, 3.8) is 0 Å². The van der Waals surface area contributed by atoms with Crippen molar-refractivity contribution in [1.82, 2.24) is 0 Å². The third kappa shape index (κ3) is 2.37. The molecule has 6 aliphatic rings. The van der Waals surface area contributed by atoms with Gasteiger partial charge >= 0.3 is 5.97 Å². The zero-order valence-corrected chi connectivity index (χ0v) is 22.5. The molecule has 38 heavy (non-hydrogen) atoms. The summed E-state index contributed by atoms with van der Waals surface area (Å²) in [5.74, 6) is -2.45. The number of Topliss-reactive ketones (excluding diaryl/α,β-unsaturated/α-hetero) is 1. The molecule has 7 rings (SSSR count). The summed E-state index contributed by atoms with van der Waals surface area (Å²) in [4.78, 5) is 27.4. The third-order valence-electron chi connectivity index (χ3n) is 12.8. The van der Waals surface area contributed by atoms with Crippen molar-refractivity contribution >= 4 is 11.8 Å². The van der Waals surface area contributed by atoms with E-state index in [1.165, 1.54) is 6.92 Å². The van der Waals surface area contributed by atoms with Gasteiger partial charge in [-0.05, 0) is 42.7 Å². The molecule has 1 aromatic rings. The van der Waals surface area contributed by atoms with Gasteiger partial charge in [0.2, 0.25) is 0 Å². The number of hydrogen-bond donors (Lipinski definition) is 3. The zero-order chi connectivity index (χ0) is 27.2. The molecular formula is C29H38O9. The topological polar surface area (TPSA) is 139 Å². The molecule has 1 spiro atoms. The van der Waals surface area contributed by atoms with Crippen molar-refractivity contribution in [3.8, 4) is 0 Å². The zero-order valence-electron chi connectivity index (χ0n) is 22.5. The third-order valence-corrected chi connectivity index (χ3v) is 12.8. The number of ether oxygens (including phenoxy) is 3. The van der Waals surface area contributed by atoms with E-state index in [-0.39, 0.29) is 36.2 Å². The van der Waals surface area contributed by atoms with Gasteiger partial charge in [0.1, 0.15) is 5.60 Å². The number of hydrogen-bond acceptors (Lipinski definition) is 9. The minimum absolute atomic E-state index is 0.0174. The van der Waals surface area contributed by atoms with Gasteiger partial charge in [0, 0.05) is 35.0 Å². The number of esters is 1. The van der Waals surface area contributed by atoms with Gasteiger partial charge in [-0.1, -0.05) is 27.7 Å². The number of carbonyl (C=O) groups is 2. The number of ketones is 1. The van der Waals surface area contributed by atoms with Gasteiger partial charge in [-0.3, -0.25) is 9.59 Å². The van der Waals surface area contributed by atoms with Crippen LogP contribution in [0.3, 0.4) is 0 Å². The van der Waals surface area contributed by atoms with Gasteiger partial charge < -0.3 is 33.9 Å². The fourth-order valence-electron chi connectivity index (χ4n) is 10.9. The number of furan rings is 1. The first-order chi connectivity index (χ1) is 17.8. The van der Waals surface area contributed by atoms with Gasteiger partial charge in [-0.25, -0.2) is 0 Å². The van der Waals surface area contributed by atoms with Crippen LogP contribution in [0.1, 0.15) is 65.4 Å². The van der Waals surface area contributed by atoms with Gasteiger partial charge in [-0.15, -0.1) is 0 Å². The van der Waals surface area contributed by atoms with Crippen LogP contribution in [-0.4, -0.2) is 70.0 Å². The molecule has 4 aliphatic carbocycles. The van der Waals surface area contributed by atoms with Crippen LogP contribution in [0, 0.1) is 39.4 Å². The molecule has 6 fully saturated rings. The summed E-state index contributed by atoms with van der Waals surface area (Å²) < 4.78 is 23.9. The first-order valence-electron chi connectivity index (χ1n) is 13.9. The maximum Gasteiger partial charge on any atom is 0.303 e. The monoisotopic (exact) mass is 530 g/mol. The molecule has 9 heteroatoms. The Morgan fingerprint density at radius 3 is 2.47 bits per heavy atom. The highest BCUT2D eigenvalue weighted by Gasteiger charge is 2.92. The quantitative estimate of drug-likeness (QED) is 0.388. The molecular weight excluding hydrogens is 492 g/mol. The summed E-state index contributed by atoms with van der Waals surface area (Å²) in [5, 5.41) is 35.0. The molecule has 4 saturated carbocycles. The molecule has 2 aliphatic heterocycles. The van der Waals surface area contributed by atoms with Crippen molar-refractivity contribution in [3.05, 3.63) is 24.2 Å². The van der Waals surface area contributed by atoms with E-state index in [1.807, 2.05) is 33.8 Å². The molecule has 0 aromatic carbocycles. The van der Waals surface area contributed by atoms with Crippen molar-refractivity contribution in [1.29, 1.82) is 0 Å². The van der Waals surface area contributed by atoms with Gasteiger partial charge in [0.25, 0.3) is 0 Å². The number of epoxide rings is 1. The van der Waals surface area contributed by atoms with E-state index in [4.69, 9.17) is 18.6 Å². The van der Waals surface area contributed by atoms with E-state index in [2.05, 4.69) is 0 Å². The van der Waals surface area contributed by atoms with Crippen LogP contribution in [0.4, 0.5) is 0 Å². The Balaban J connectivity index is 1.47. The van der Waals surface area contributed by atoms with E-state index in [0.717, 1.165) is 5.56 Å². The molecule has 0 radical (unpaired) electrons. The second-order valence-corrected chi connectivity index (χ2v) is 13.7. The molecule has 2 bridgehead atoms. The Hall–Kier alpha value is -1.78. The molecule has 0 amide bonds. The molecule has 3 unspecified atom stereocenters. The predicted octanol–water partition coefficient (Wildman–Crippen LogP) is 2.17. The van der Waals surface area contributed by atoms with Crippen LogP contribution in [0.5, 0.6) is 0 Å². The second kappa shape index (κ2) is 7.29. The van der Waals surface area contributed by atoms with Crippen LogP contribution in [-0.2, 0) is 23.8 Å². The minimum atomic E-state index is -1.14. The average molecular weight is 531 g/mol. The van der Waals surface area contributed by atoms with Crippen LogP contribution in [0.15, 0.2) is 23.0 Å². The number of rotatable bonds is 2. The Morgan fingerprint density at radius 1 is 1.08 bits per heavy atom. The smallest absolute Gasteiger partial charge is 0.303 e. The summed E-state index contributed by atoms with van der Waals surface area (Å²) in [6, 6.07) is 1.87. The van der Waals surface area contributed by atoms with E-state index in [9.17, 15) is 24.9 Å². The molecule has 208 valence electrons. The highest BCUT2D eigenvalue weighted by Crippen LogP contribution is 2.83. The number of aliphatic hydroxyl groups is 3. The van der Waals surface area contributed by atoms with Crippen LogP contribution in [0.25, 0.3) is 0 Å². The summed E-state index contributed by atoms with van der Waals surface area (Å²) >= 11 is 0. The summed E-state index contributed by atoms with van der Waals surface area (Å²) in [6.45, 7) is 9.09. The fourth-order valence-corrected chi connectivity index (χ4v) is 10.9. The Kier molecular flexibility index (Phi) is 4.83. The average Bonchev–Trinajstić information content (AvgIpc) is 3.22. The van der Waals surface area contributed by atoms with Gasteiger partial charge in [0.05, 0.1) is 42.9 Å². The predicted molar refractivity (Wildman–Crippen MR) is 130 cm³/mol. The van der Waals surface area contributed by atoms with E-state index in [0.29, 0.717) is 19.3 Å². The lowest BCUT2D eigenvalue weighted by molar-refractivity contribution is -0.366. The van der Waals surface area contributed by atoms with Gasteiger partial charge in [0.15, 0.2) is 18.2 Å². The van der Waals surface area contributed by atoms with Crippen LogP contribution < -0.4 is 0 Å². The lowest BCUT2D eigenvalue weighted by Crippen LogP contribution is -2.81. The van der Waals surface area contributed by atoms with E-state index in [1.54, 1.807) is 12.5 Å². The SMILES string of the molecule is CC(=O)O[C@H]1C(=O)C2[C@]34COC(O)[C@](C)(C3C[C@@H](O)[C@@]2(C)[C@@]23O[C@@H]2C[C@@H](c2ccoc2)[C@]13C)[C@H](C)C[C@@H]4O. The number of fused-ring (bicyclic) bond motifs is 1. The van der Waals surface area contributed by atoms with Gasteiger partial charge in [-0.2, -0.15) is 0 Å². The first-order valence-corrected chi connectivity index (χ1v) is 13.9. The van der Waals surface area contributed by atoms with Crippen LogP contribution in [0.2, 0.25) is 0 Å². The molecule has 9 nitrogen and oxygen atoms in total. The lowest BCUT2D eigenvalue weighted by atomic mass is 9.32. The minimum Gasteiger partial charge on any atom is -0.472 e. The van der Waals surface area contributed by atoms with E-state index >= 15 is 0 Å². The molecule has 1 aromatic heterocycles. The molecule has 2 saturated heterocycles. The molecule has 3 heterocycles. The molecule has 3 N–H and O–H groups in total. The summed E-state index contributed by atoms with van der Waals surface area (Å²) in [6.07, 6.45) is 0.244.